The normalized spacial score (nSPS) is 42.6. The minimum Gasteiger partial charge on any atom is -0.393 e. The van der Waals surface area contributed by atoms with Crippen LogP contribution in [0, 0.1) is 34.5 Å². The number of carbonyl (C=O) groups excluding carboxylic acids is 1. The summed E-state index contributed by atoms with van der Waals surface area (Å²) < 4.78 is 0. The van der Waals surface area contributed by atoms with Gasteiger partial charge in [0.15, 0.2) is 0 Å². The molecule has 1 heterocycles. The smallest absolute Gasteiger partial charge is 0.240 e. The van der Waals surface area contributed by atoms with Crippen molar-refractivity contribution in [1.29, 1.82) is 0 Å². The fourth-order valence-electron chi connectivity index (χ4n) is 9.17. The predicted molar refractivity (Wildman–Crippen MR) is 140 cm³/mol. The summed E-state index contributed by atoms with van der Waals surface area (Å²) in [7, 11) is 0. The van der Waals surface area contributed by atoms with E-state index in [4.69, 9.17) is 16.7 Å². The van der Waals surface area contributed by atoms with E-state index in [1.54, 1.807) is 17.5 Å². The minimum absolute atomic E-state index is 0.0146. The van der Waals surface area contributed by atoms with Crippen molar-refractivity contribution < 1.29 is 9.90 Å². The zero-order chi connectivity index (χ0) is 24.5. The Hall–Kier alpha value is -1.65. The highest BCUT2D eigenvalue weighted by Gasteiger charge is 2.59. The molecule has 4 aliphatic carbocycles. The highest BCUT2D eigenvalue weighted by molar-refractivity contribution is 6.30. The van der Waals surface area contributed by atoms with Gasteiger partial charge >= 0.3 is 0 Å². The highest BCUT2D eigenvalue weighted by atomic mass is 35.5. The van der Waals surface area contributed by atoms with E-state index in [9.17, 15) is 9.90 Å². The van der Waals surface area contributed by atoms with Crippen molar-refractivity contribution in [1.82, 2.24) is 5.01 Å². The van der Waals surface area contributed by atoms with E-state index < -0.39 is 0 Å². The largest absolute Gasteiger partial charge is 0.393 e. The average molecular weight is 495 g/mol. The van der Waals surface area contributed by atoms with Gasteiger partial charge in [0.25, 0.3) is 0 Å². The number of aliphatic hydroxyl groups excluding tert-OH is 1. The van der Waals surface area contributed by atoms with E-state index in [0.29, 0.717) is 5.92 Å². The van der Waals surface area contributed by atoms with E-state index in [1.165, 1.54) is 37.8 Å². The number of rotatable bonds is 2. The molecule has 6 rings (SSSR count). The first-order chi connectivity index (χ1) is 16.7. The monoisotopic (exact) mass is 494 g/mol. The molecule has 0 unspecified atom stereocenters. The number of aliphatic hydroxyl groups is 1. The lowest BCUT2D eigenvalue weighted by molar-refractivity contribution is -0.130. The summed E-state index contributed by atoms with van der Waals surface area (Å²) in [6.45, 7) is 6.67. The number of amides is 1. The molecule has 35 heavy (non-hydrogen) atoms. The van der Waals surface area contributed by atoms with Crippen LogP contribution in [0.15, 0.2) is 41.0 Å². The molecule has 0 spiro atoms. The molecule has 0 radical (unpaired) electrons. The first kappa shape index (κ1) is 23.7. The van der Waals surface area contributed by atoms with E-state index in [1.807, 2.05) is 24.3 Å². The Morgan fingerprint density at radius 2 is 1.83 bits per heavy atom. The van der Waals surface area contributed by atoms with Gasteiger partial charge in [-0.15, -0.1) is 0 Å². The van der Waals surface area contributed by atoms with Gasteiger partial charge in [-0.05, 0) is 97.6 Å². The van der Waals surface area contributed by atoms with Crippen LogP contribution in [-0.2, 0) is 4.79 Å². The topological polar surface area (TPSA) is 52.9 Å². The second kappa shape index (κ2) is 8.45. The molecule has 4 nitrogen and oxygen atoms in total. The SMILES string of the molecule is CC(=O)N1N=C([C@H]2CC[C@H]3[C@@H]4CC=C5C[C@@H](O)CC[C@]5(C)[C@H]4CC[C@]23C)C[C@H]1c1ccc(Cl)cc1. The second-order valence-corrected chi connectivity index (χ2v) is 13.0. The number of hydrogen-bond acceptors (Lipinski definition) is 3. The number of hydrazone groups is 1. The van der Waals surface area contributed by atoms with Crippen molar-refractivity contribution in [2.75, 3.05) is 0 Å². The van der Waals surface area contributed by atoms with Crippen LogP contribution < -0.4 is 0 Å². The Bertz CT molecular complexity index is 1080. The number of fused-ring (bicyclic) bond motifs is 5. The number of halogens is 1. The van der Waals surface area contributed by atoms with Crippen LogP contribution in [0.4, 0.5) is 0 Å². The third-order valence-corrected chi connectivity index (χ3v) is 11.2. The Balaban J connectivity index is 1.27. The quantitative estimate of drug-likeness (QED) is 0.453. The molecule has 3 fully saturated rings. The van der Waals surface area contributed by atoms with Crippen LogP contribution in [0.5, 0.6) is 0 Å². The second-order valence-electron chi connectivity index (χ2n) is 12.6. The van der Waals surface area contributed by atoms with Crippen LogP contribution in [0.3, 0.4) is 0 Å². The maximum atomic E-state index is 12.6. The van der Waals surface area contributed by atoms with Crippen LogP contribution in [0.25, 0.3) is 0 Å². The van der Waals surface area contributed by atoms with Crippen molar-refractivity contribution in [3.8, 4) is 0 Å². The summed E-state index contributed by atoms with van der Waals surface area (Å²) in [5.41, 5.74) is 4.43. The predicted octanol–water partition coefficient (Wildman–Crippen LogP) is 6.93. The summed E-state index contributed by atoms with van der Waals surface area (Å²) in [5, 5.41) is 17.7. The summed E-state index contributed by atoms with van der Waals surface area (Å²) >= 11 is 6.13. The summed E-state index contributed by atoms with van der Waals surface area (Å²) in [6, 6.07) is 7.89. The molecule has 8 atom stereocenters. The van der Waals surface area contributed by atoms with E-state index in [0.717, 1.165) is 54.0 Å². The molecular formula is C30H39ClN2O2. The maximum absolute atomic E-state index is 12.6. The number of allylic oxidation sites excluding steroid dienone is 1. The zero-order valence-corrected chi connectivity index (χ0v) is 22.1. The van der Waals surface area contributed by atoms with Gasteiger partial charge in [-0.1, -0.05) is 49.2 Å². The van der Waals surface area contributed by atoms with E-state index >= 15 is 0 Å². The van der Waals surface area contributed by atoms with Crippen molar-refractivity contribution in [3.63, 3.8) is 0 Å². The van der Waals surface area contributed by atoms with E-state index in [-0.39, 0.29) is 28.9 Å². The molecule has 3 saturated carbocycles. The van der Waals surface area contributed by atoms with Crippen LogP contribution in [0.1, 0.15) is 90.2 Å². The standard InChI is InChI=1S/C30H39ClN2O2/c1-18(34)33-28(19-4-7-21(31)8-5-19)17-27(32-33)26-11-10-24-23-9-6-20-16-22(35)12-14-29(20,2)25(23)13-15-30(24,26)3/h4-8,22-26,28,35H,9-17H2,1-3H3/t22-,23-,24-,25-,26+,28-,29-,30-/m0/s1. The summed E-state index contributed by atoms with van der Waals surface area (Å²) in [6.07, 6.45) is 12.3. The van der Waals surface area contributed by atoms with Gasteiger partial charge in [-0.3, -0.25) is 4.79 Å². The minimum atomic E-state index is -0.145. The molecule has 1 aliphatic heterocycles. The zero-order valence-electron chi connectivity index (χ0n) is 21.3. The number of carbonyl (C=O) groups is 1. The van der Waals surface area contributed by atoms with Crippen LogP contribution in [0.2, 0.25) is 5.02 Å². The average Bonchev–Trinajstić information content (AvgIpc) is 3.41. The van der Waals surface area contributed by atoms with Gasteiger partial charge in [0.2, 0.25) is 5.91 Å². The number of benzene rings is 1. The molecule has 1 aromatic carbocycles. The maximum Gasteiger partial charge on any atom is 0.240 e. The number of hydrogen-bond donors (Lipinski definition) is 1. The Morgan fingerprint density at radius 1 is 1.06 bits per heavy atom. The first-order valence-electron chi connectivity index (χ1n) is 13.7. The van der Waals surface area contributed by atoms with Crippen molar-refractivity contribution in [3.05, 3.63) is 46.5 Å². The Kier molecular flexibility index (Phi) is 5.73. The third kappa shape index (κ3) is 3.65. The van der Waals surface area contributed by atoms with Gasteiger partial charge in [-0.2, -0.15) is 5.10 Å². The highest BCUT2D eigenvalue weighted by Crippen LogP contribution is 2.66. The Labute approximate surface area is 214 Å². The molecule has 1 amide bonds. The molecular weight excluding hydrogens is 456 g/mol. The lowest BCUT2D eigenvalue weighted by Gasteiger charge is -2.58. The molecule has 0 aromatic heterocycles. The lowest BCUT2D eigenvalue weighted by atomic mass is 9.47. The van der Waals surface area contributed by atoms with Crippen molar-refractivity contribution in [2.24, 2.45) is 39.6 Å². The van der Waals surface area contributed by atoms with Crippen molar-refractivity contribution >= 4 is 23.2 Å². The molecule has 1 N–H and O–H groups in total. The van der Waals surface area contributed by atoms with Crippen LogP contribution in [-0.4, -0.2) is 27.8 Å². The van der Waals surface area contributed by atoms with Gasteiger partial charge in [0.05, 0.1) is 12.1 Å². The van der Waals surface area contributed by atoms with E-state index in [2.05, 4.69) is 19.9 Å². The third-order valence-electron chi connectivity index (χ3n) is 11.0. The molecule has 1 aromatic rings. The van der Waals surface area contributed by atoms with Gasteiger partial charge in [-0.25, -0.2) is 5.01 Å². The van der Waals surface area contributed by atoms with Gasteiger partial charge in [0, 0.05) is 30.0 Å². The van der Waals surface area contributed by atoms with Crippen molar-refractivity contribution in [2.45, 2.75) is 90.7 Å². The van der Waals surface area contributed by atoms with Crippen LogP contribution >= 0.6 is 11.6 Å². The first-order valence-corrected chi connectivity index (χ1v) is 14.1. The fourth-order valence-corrected chi connectivity index (χ4v) is 9.29. The number of nitrogens with zero attached hydrogens (tertiary/aromatic N) is 2. The summed E-state index contributed by atoms with van der Waals surface area (Å²) in [4.78, 5) is 12.6. The fraction of sp³-hybridized carbons (Fsp3) is 0.667. The van der Waals surface area contributed by atoms with Gasteiger partial charge in [0.1, 0.15) is 0 Å². The molecule has 5 aliphatic rings. The molecule has 188 valence electrons. The Morgan fingerprint density at radius 3 is 2.57 bits per heavy atom. The summed E-state index contributed by atoms with van der Waals surface area (Å²) in [5.74, 6) is 2.67. The molecule has 5 heteroatoms. The lowest BCUT2D eigenvalue weighted by Crippen LogP contribution is -2.51. The van der Waals surface area contributed by atoms with Gasteiger partial charge < -0.3 is 5.11 Å². The molecule has 0 saturated heterocycles. The molecule has 0 bridgehead atoms.